The number of hydrogen-bond acceptors (Lipinski definition) is 7. The van der Waals surface area contributed by atoms with Gasteiger partial charge in [-0.05, 0) is 55.0 Å². The van der Waals surface area contributed by atoms with E-state index in [1.807, 2.05) is 0 Å². The number of Topliss-reactive ketones (excluding diaryl/α,β-unsaturated/α-hetero) is 1. The van der Waals surface area contributed by atoms with Crippen molar-refractivity contribution in [2.75, 3.05) is 13.7 Å². The molecule has 0 fully saturated rings. The molecule has 1 aliphatic heterocycles. The summed E-state index contributed by atoms with van der Waals surface area (Å²) in [5, 5.41) is 22.4. The van der Waals surface area contributed by atoms with Crippen LogP contribution in [0.2, 0.25) is 5.02 Å². The van der Waals surface area contributed by atoms with Gasteiger partial charge in [-0.3, -0.25) is 9.59 Å². The molecule has 2 N–H and O–H groups in total. The maximum absolute atomic E-state index is 13.8. The number of rotatable bonds is 8. The zero-order valence-corrected chi connectivity index (χ0v) is 21.4. The second-order valence-corrected chi connectivity index (χ2v) is 9.13. The molecular weight excluding hydrogens is 510 g/mol. The van der Waals surface area contributed by atoms with Crippen LogP contribution in [0.3, 0.4) is 0 Å². The van der Waals surface area contributed by atoms with Crippen molar-refractivity contribution < 1.29 is 33.7 Å². The molecule has 9 heteroatoms. The number of aromatic hydroxyl groups is 1. The lowest BCUT2D eigenvalue weighted by Crippen LogP contribution is -2.31. The number of hydrogen-bond donors (Lipinski definition) is 2. The fourth-order valence-corrected chi connectivity index (χ4v) is 4.82. The van der Waals surface area contributed by atoms with Crippen molar-refractivity contribution in [1.82, 2.24) is 4.90 Å². The number of aliphatic hydroxyl groups is 1. The van der Waals surface area contributed by atoms with Crippen molar-refractivity contribution >= 4 is 34.3 Å². The average Bonchev–Trinajstić information content (AvgIpc) is 3.44. The molecule has 2 heterocycles. The standard InChI is InChI=1S/C29H24ClNO7/c1-3-37-23-13-16(8-10-20(23)32)26-25(27(33)24-14-18-12-19(30)9-11-22(18)38-24)28(34)29(35)31(26)15-17-6-4-5-7-21(17)36-2/h4-14,26,32,34H,3,15H2,1-2H3. The Bertz CT molecular complexity index is 1590. The average molecular weight is 534 g/mol. The molecule has 4 aromatic rings. The normalized spacial score (nSPS) is 15.4. The summed E-state index contributed by atoms with van der Waals surface area (Å²) < 4.78 is 16.8. The third-order valence-electron chi connectivity index (χ3n) is 6.38. The zero-order valence-electron chi connectivity index (χ0n) is 20.6. The first-order valence-corrected chi connectivity index (χ1v) is 12.3. The third kappa shape index (κ3) is 4.43. The van der Waals surface area contributed by atoms with Crippen molar-refractivity contribution in [3.05, 3.63) is 100.0 Å². The summed E-state index contributed by atoms with van der Waals surface area (Å²) in [5.41, 5.74) is 1.43. The van der Waals surface area contributed by atoms with Gasteiger partial charge in [-0.25, -0.2) is 0 Å². The Kier molecular flexibility index (Phi) is 6.73. The topological polar surface area (TPSA) is 109 Å². The fraction of sp³-hybridized carbons (Fsp3) is 0.172. The summed E-state index contributed by atoms with van der Waals surface area (Å²) in [6.07, 6.45) is 0. The lowest BCUT2D eigenvalue weighted by Gasteiger charge is -2.27. The molecule has 194 valence electrons. The van der Waals surface area contributed by atoms with Crippen LogP contribution in [-0.2, 0) is 11.3 Å². The van der Waals surface area contributed by atoms with E-state index in [1.54, 1.807) is 61.5 Å². The summed E-state index contributed by atoms with van der Waals surface area (Å²) >= 11 is 6.08. The van der Waals surface area contributed by atoms with Gasteiger partial charge in [0, 0.05) is 16.0 Å². The summed E-state index contributed by atoms with van der Waals surface area (Å²) in [4.78, 5) is 28.6. The number of methoxy groups -OCH3 is 1. The van der Waals surface area contributed by atoms with E-state index in [9.17, 15) is 19.8 Å². The Morgan fingerprint density at radius 2 is 1.84 bits per heavy atom. The van der Waals surface area contributed by atoms with Crippen molar-refractivity contribution in [3.63, 3.8) is 0 Å². The minimum absolute atomic E-state index is 0.0366. The number of aliphatic hydroxyl groups excluding tert-OH is 1. The Morgan fingerprint density at radius 1 is 1.05 bits per heavy atom. The molecule has 8 nitrogen and oxygen atoms in total. The predicted molar refractivity (Wildman–Crippen MR) is 141 cm³/mol. The van der Waals surface area contributed by atoms with E-state index >= 15 is 0 Å². The van der Waals surface area contributed by atoms with E-state index in [1.165, 1.54) is 24.1 Å². The van der Waals surface area contributed by atoms with Crippen molar-refractivity contribution in [2.45, 2.75) is 19.5 Å². The monoisotopic (exact) mass is 533 g/mol. The molecule has 0 saturated heterocycles. The zero-order chi connectivity index (χ0) is 27.0. The van der Waals surface area contributed by atoms with Crippen LogP contribution >= 0.6 is 11.6 Å². The van der Waals surface area contributed by atoms with Crippen LogP contribution < -0.4 is 9.47 Å². The van der Waals surface area contributed by atoms with E-state index in [4.69, 9.17) is 25.5 Å². The molecule has 5 rings (SSSR count). The van der Waals surface area contributed by atoms with Gasteiger partial charge in [-0.1, -0.05) is 35.9 Å². The van der Waals surface area contributed by atoms with Crippen LogP contribution in [0.25, 0.3) is 11.0 Å². The molecule has 1 aromatic heterocycles. The number of amides is 1. The van der Waals surface area contributed by atoms with Crippen molar-refractivity contribution in [2.24, 2.45) is 0 Å². The smallest absolute Gasteiger partial charge is 0.290 e. The number of phenolic OH excluding ortho intramolecular Hbond substituents is 1. The number of fused-ring (bicyclic) bond motifs is 1. The number of nitrogens with zero attached hydrogens (tertiary/aromatic N) is 1. The molecule has 0 radical (unpaired) electrons. The lowest BCUT2D eigenvalue weighted by molar-refractivity contribution is -0.130. The number of carbonyl (C=O) groups excluding carboxylic acids is 2. The highest BCUT2D eigenvalue weighted by atomic mass is 35.5. The Hall–Kier alpha value is -4.43. The fourth-order valence-electron chi connectivity index (χ4n) is 4.64. The molecule has 1 unspecified atom stereocenters. The second kappa shape index (κ2) is 10.1. The van der Waals surface area contributed by atoms with E-state index in [2.05, 4.69) is 0 Å². The van der Waals surface area contributed by atoms with E-state index in [-0.39, 0.29) is 29.4 Å². The lowest BCUT2D eigenvalue weighted by atomic mass is 9.94. The van der Waals surface area contributed by atoms with E-state index < -0.39 is 23.5 Å². The molecule has 3 aromatic carbocycles. The number of benzene rings is 3. The molecule has 0 bridgehead atoms. The van der Waals surface area contributed by atoms with Crippen molar-refractivity contribution in [1.29, 1.82) is 0 Å². The van der Waals surface area contributed by atoms with Gasteiger partial charge in [0.05, 0.1) is 31.9 Å². The number of para-hydroxylation sites is 1. The maximum Gasteiger partial charge on any atom is 0.290 e. The Balaban J connectivity index is 1.63. The number of ether oxygens (including phenoxy) is 2. The first-order chi connectivity index (χ1) is 18.3. The molecule has 0 aliphatic carbocycles. The molecular formula is C29H24ClNO7. The first-order valence-electron chi connectivity index (χ1n) is 11.9. The maximum atomic E-state index is 13.8. The van der Waals surface area contributed by atoms with Crippen LogP contribution in [0.5, 0.6) is 17.2 Å². The second-order valence-electron chi connectivity index (χ2n) is 8.69. The molecule has 1 atom stereocenters. The first kappa shape index (κ1) is 25.2. The number of ketones is 1. The molecule has 38 heavy (non-hydrogen) atoms. The van der Waals surface area contributed by atoms with Crippen LogP contribution in [0.15, 0.2) is 82.5 Å². The van der Waals surface area contributed by atoms with Gasteiger partial charge in [0.2, 0.25) is 5.78 Å². The highest BCUT2D eigenvalue weighted by molar-refractivity contribution is 6.31. The quantitative estimate of drug-likeness (QED) is 0.268. The van der Waals surface area contributed by atoms with Gasteiger partial charge >= 0.3 is 0 Å². The van der Waals surface area contributed by atoms with Gasteiger partial charge in [-0.2, -0.15) is 0 Å². The number of furan rings is 1. The Labute approximate surface area is 223 Å². The van der Waals surface area contributed by atoms with E-state index in [0.717, 1.165) is 0 Å². The third-order valence-corrected chi connectivity index (χ3v) is 6.62. The molecule has 1 aliphatic rings. The minimum atomic E-state index is -1.00. The summed E-state index contributed by atoms with van der Waals surface area (Å²) in [5.74, 6) is -1.47. The van der Waals surface area contributed by atoms with E-state index in [0.29, 0.717) is 39.5 Å². The summed E-state index contributed by atoms with van der Waals surface area (Å²) in [7, 11) is 1.52. The SMILES string of the molecule is CCOc1cc(C2C(C(=O)c3cc4cc(Cl)ccc4o3)=C(O)C(=O)N2Cc2ccccc2OC)ccc1O. The van der Waals surface area contributed by atoms with Crippen LogP contribution in [0.1, 0.15) is 34.6 Å². The molecule has 1 amide bonds. The van der Waals surface area contributed by atoms with Gasteiger partial charge in [0.1, 0.15) is 11.3 Å². The number of halogens is 1. The highest BCUT2D eigenvalue weighted by Gasteiger charge is 2.45. The highest BCUT2D eigenvalue weighted by Crippen LogP contribution is 2.43. The van der Waals surface area contributed by atoms with Gasteiger partial charge in [0.15, 0.2) is 23.0 Å². The predicted octanol–water partition coefficient (Wildman–Crippen LogP) is 5.98. The number of phenols is 1. The minimum Gasteiger partial charge on any atom is -0.504 e. The van der Waals surface area contributed by atoms with Crippen LogP contribution in [0, 0.1) is 0 Å². The van der Waals surface area contributed by atoms with Crippen LogP contribution in [0.4, 0.5) is 0 Å². The summed E-state index contributed by atoms with van der Waals surface area (Å²) in [6.45, 7) is 2.10. The molecule has 0 spiro atoms. The number of carbonyl (C=O) groups is 2. The van der Waals surface area contributed by atoms with Gasteiger partial charge in [-0.15, -0.1) is 0 Å². The van der Waals surface area contributed by atoms with Gasteiger partial charge < -0.3 is 29.0 Å². The largest absolute Gasteiger partial charge is 0.504 e. The Morgan fingerprint density at radius 3 is 2.61 bits per heavy atom. The van der Waals surface area contributed by atoms with Gasteiger partial charge in [0.25, 0.3) is 5.91 Å². The van der Waals surface area contributed by atoms with Crippen molar-refractivity contribution in [3.8, 4) is 17.2 Å². The molecule has 0 saturated carbocycles. The van der Waals surface area contributed by atoms with Crippen LogP contribution in [-0.4, -0.2) is 40.5 Å². The summed E-state index contributed by atoms with van der Waals surface area (Å²) in [6, 6.07) is 17.2.